The summed E-state index contributed by atoms with van der Waals surface area (Å²) >= 11 is 0. The molecular formula is C15H26N2O3S. The molecule has 0 aromatic heterocycles. The average Bonchev–Trinajstić information content (AvgIpc) is 2.45. The largest absolute Gasteiger partial charge is 0.496 e. The molecule has 1 atom stereocenters. The molecule has 1 aromatic rings. The monoisotopic (exact) mass is 314 g/mol. The molecule has 5 nitrogen and oxygen atoms in total. The molecule has 1 rings (SSSR count). The molecule has 0 bridgehead atoms. The van der Waals surface area contributed by atoms with Crippen molar-refractivity contribution in [1.82, 2.24) is 9.62 Å². The summed E-state index contributed by atoms with van der Waals surface area (Å²) in [5, 5.41) is 3.40. The molecular weight excluding hydrogens is 288 g/mol. The standard InChI is InChI=1S/C15H26N2O3S/c1-5-17(21(4,18)19)12-8-11-16-13(2)14-9-6-7-10-15(14)20-3/h6-7,9-10,13,16H,5,8,11-12H2,1-4H3. The lowest BCUT2D eigenvalue weighted by molar-refractivity contribution is 0.395. The Morgan fingerprint density at radius 2 is 2.00 bits per heavy atom. The maximum Gasteiger partial charge on any atom is 0.211 e. The van der Waals surface area contributed by atoms with Gasteiger partial charge in [-0.25, -0.2) is 12.7 Å². The fraction of sp³-hybridized carbons (Fsp3) is 0.600. The highest BCUT2D eigenvalue weighted by atomic mass is 32.2. The summed E-state index contributed by atoms with van der Waals surface area (Å²) in [6.45, 7) is 5.74. The highest BCUT2D eigenvalue weighted by molar-refractivity contribution is 7.88. The van der Waals surface area contributed by atoms with Crippen molar-refractivity contribution in [3.05, 3.63) is 29.8 Å². The van der Waals surface area contributed by atoms with Crippen molar-refractivity contribution in [3.8, 4) is 5.75 Å². The van der Waals surface area contributed by atoms with Gasteiger partial charge < -0.3 is 10.1 Å². The van der Waals surface area contributed by atoms with E-state index in [0.717, 1.165) is 24.3 Å². The van der Waals surface area contributed by atoms with Crippen LogP contribution in [-0.4, -0.2) is 45.7 Å². The van der Waals surface area contributed by atoms with Gasteiger partial charge >= 0.3 is 0 Å². The zero-order valence-electron chi connectivity index (χ0n) is 13.3. The first-order valence-electron chi connectivity index (χ1n) is 7.21. The van der Waals surface area contributed by atoms with E-state index in [-0.39, 0.29) is 6.04 Å². The van der Waals surface area contributed by atoms with Crippen LogP contribution in [0, 0.1) is 0 Å². The van der Waals surface area contributed by atoms with Crippen LogP contribution in [0.15, 0.2) is 24.3 Å². The van der Waals surface area contributed by atoms with Crippen LogP contribution >= 0.6 is 0 Å². The minimum atomic E-state index is -3.09. The number of nitrogens with one attached hydrogen (secondary N) is 1. The third-order valence-corrected chi connectivity index (χ3v) is 4.84. The van der Waals surface area contributed by atoms with Crippen LogP contribution in [0.1, 0.15) is 31.9 Å². The van der Waals surface area contributed by atoms with Crippen LogP contribution < -0.4 is 10.1 Å². The second-order valence-electron chi connectivity index (χ2n) is 5.03. The number of ether oxygens (including phenoxy) is 1. The van der Waals surface area contributed by atoms with Crippen molar-refractivity contribution < 1.29 is 13.2 Å². The Labute approximate surface area is 128 Å². The molecule has 0 aliphatic rings. The average molecular weight is 314 g/mol. The van der Waals surface area contributed by atoms with Gasteiger partial charge in [0.25, 0.3) is 0 Å². The van der Waals surface area contributed by atoms with E-state index in [2.05, 4.69) is 12.2 Å². The summed E-state index contributed by atoms with van der Waals surface area (Å²) in [7, 11) is -1.43. The van der Waals surface area contributed by atoms with Crippen molar-refractivity contribution in [3.63, 3.8) is 0 Å². The van der Waals surface area contributed by atoms with E-state index in [1.807, 2.05) is 31.2 Å². The molecule has 0 aliphatic carbocycles. The molecule has 1 unspecified atom stereocenters. The molecule has 120 valence electrons. The zero-order chi connectivity index (χ0) is 15.9. The number of sulfonamides is 1. The molecule has 0 saturated carbocycles. The number of hydrogen-bond acceptors (Lipinski definition) is 4. The third-order valence-electron chi connectivity index (χ3n) is 3.46. The van der Waals surface area contributed by atoms with Crippen LogP contribution in [0.4, 0.5) is 0 Å². The maximum absolute atomic E-state index is 11.5. The van der Waals surface area contributed by atoms with Crippen LogP contribution in [0.5, 0.6) is 5.75 Å². The zero-order valence-corrected chi connectivity index (χ0v) is 14.1. The number of benzene rings is 1. The van der Waals surface area contributed by atoms with Gasteiger partial charge in [-0.05, 0) is 26.0 Å². The second kappa shape index (κ2) is 8.36. The van der Waals surface area contributed by atoms with Gasteiger partial charge in [0, 0.05) is 24.7 Å². The van der Waals surface area contributed by atoms with Crippen LogP contribution in [0.25, 0.3) is 0 Å². The molecule has 1 aromatic carbocycles. The lowest BCUT2D eigenvalue weighted by Crippen LogP contribution is -2.32. The summed E-state index contributed by atoms with van der Waals surface area (Å²) in [5.74, 6) is 0.865. The van der Waals surface area contributed by atoms with Crippen molar-refractivity contribution >= 4 is 10.0 Å². The quantitative estimate of drug-likeness (QED) is 0.709. The minimum Gasteiger partial charge on any atom is -0.496 e. The van der Waals surface area contributed by atoms with Gasteiger partial charge in [-0.1, -0.05) is 25.1 Å². The fourth-order valence-corrected chi connectivity index (χ4v) is 3.20. The van der Waals surface area contributed by atoms with Crippen molar-refractivity contribution in [2.24, 2.45) is 0 Å². The Hall–Kier alpha value is -1.11. The van der Waals surface area contributed by atoms with Gasteiger partial charge in [0.15, 0.2) is 0 Å². The number of rotatable bonds is 9. The van der Waals surface area contributed by atoms with E-state index in [1.54, 1.807) is 7.11 Å². The van der Waals surface area contributed by atoms with Gasteiger partial charge in [-0.2, -0.15) is 0 Å². The molecule has 0 amide bonds. The topological polar surface area (TPSA) is 58.6 Å². The summed E-state index contributed by atoms with van der Waals surface area (Å²) < 4.78 is 29.8. The summed E-state index contributed by atoms with van der Waals surface area (Å²) in [6.07, 6.45) is 2.03. The molecule has 0 fully saturated rings. The van der Waals surface area contributed by atoms with Gasteiger partial charge in [0.1, 0.15) is 5.75 Å². The third kappa shape index (κ3) is 5.65. The predicted octanol–water partition coefficient (Wildman–Crippen LogP) is 2.02. The van der Waals surface area contributed by atoms with Crippen molar-refractivity contribution in [2.75, 3.05) is 33.0 Å². The number of nitrogens with zero attached hydrogens (tertiary/aromatic N) is 1. The first-order valence-corrected chi connectivity index (χ1v) is 9.06. The fourth-order valence-electron chi connectivity index (χ4n) is 2.27. The lowest BCUT2D eigenvalue weighted by atomic mass is 10.1. The van der Waals surface area contributed by atoms with Crippen LogP contribution in [0.2, 0.25) is 0 Å². The Balaban J connectivity index is 2.45. The van der Waals surface area contributed by atoms with Gasteiger partial charge in [-0.3, -0.25) is 0 Å². The van der Waals surface area contributed by atoms with Gasteiger partial charge in [0.05, 0.1) is 13.4 Å². The van der Waals surface area contributed by atoms with E-state index in [9.17, 15) is 8.42 Å². The highest BCUT2D eigenvalue weighted by Crippen LogP contribution is 2.24. The molecule has 0 heterocycles. The lowest BCUT2D eigenvalue weighted by Gasteiger charge is -2.20. The molecule has 0 saturated heterocycles. The molecule has 6 heteroatoms. The molecule has 21 heavy (non-hydrogen) atoms. The SMILES string of the molecule is CCN(CCCNC(C)c1ccccc1OC)S(C)(=O)=O. The number of hydrogen-bond donors (Lipinski definition) is 1. The van der Waals surface area contributed by atoms with Crippen LogP contribution in [-0.2, 0) is 10.0 Å². The smallest absolute Gasteiger partial charge is 0.211 e. The molecule has 0 spiro atoms. The van der Waals surface area contributed by atoms with Crippen LogP contribution in [0.3, 0.4) is 0 Å². The highest BCUT2D eigenvalue weighted by Gasteiger charge is 2.14. The minimum absolute atomic E-state index is 0.162. The Morgan fingerprint density at radius 3 is 2.57 bits per heavy atom. The normalized spacial score (nSPS) is 13.4. The maximum atomic E-state index is 11.5. The first-order chi connectivity index (χ1) is 9.90. The van der Waals surface area contributed by atoms with Gasteiger partial charge in [0.2, 0.25) is 10.0 Å². The number of methoxy groups -OCH3 is 1. The summed E-state index contributed by atoms with van der Waals surface area (Å²) in [5.41, 5.74) is 1.11. The van der Waals surface area contributed by atoms with E-state index < -0.39 is 10.0 Å². The van der Waals surface area contributed by atoms with Crippen molar-refractivity contribution in [1.29, 1.82) is 0 Å². The molecule has 0 aliphatic heterocycles. The first kappa shape index (κ1) is 17.9. The predicted molar refractivity (Wildman–Crippen MR) is 86.1 cm³/mol. The molecule has 0 radical (unpaired) electrons. The Bertz CT molecular complexity index is 531. The van der Waals surface area contributed by atoms with E-state index >= 15 is 0 Å². The summed E-state index contributed by atoms with van der Waals surface area (Å²) in [4.78, 5) is 0. The summed E-state index contributed by atoms with van der Waals surface area (Å²) in [6, 6.07) is 8.06. The van der Waals surface area contributed by atoms with E-state index in [1.165, 1.54) is 10.6 Å². The molecule has 1 N–H and O–H groups in total. The van der Waals surface area contributed by atoms with Gasteiger partial charge in [-0.15, -0.1) is 0 Å². The van der Waals surface area contributed by atoms with Crippen molar-refractivity contribution in [2.45, 2.75) is 26.3 Å². The van der Waals surface area contributed by atoms with E-state index in [0.29, 0.717) is 13.1 Å². The van der Waals surface area contributed by atoms with E-state index in [4.69, 9.17) is 4.74 Å². The number of para-hydroxylation sites is 1. The Morgan fingerprint density at radius 1 is 1.33 bits per heavy atom. The second-order valence-corrected chi connectivity index (χ2v) is 7.01. The Kier molecular flexibility index (Phi) is 7.14.